The summed E-state index contributed by atoms with van der Waals surface area (Å²) in [6.45, 7) is 2.28. The molecular weight excluding hydrogens is 354 g/mol. The normalized spacial score (nSPS) is 10.2. The summed E-state index contributed by atoms with van der Waals surface area (Å²) in [4.78, 5) is 16.2. The Morgan fingerprint density at radius 1 is 1.50 bits per heavy atom. The molecule has 1 aromatic carbocycles. The number of esters is 1. The molecular formula is C15H18ClN3O4S. The summed E-state index contributed by atoms with van der Waals surface area (Å²) in [6.07, 6.45) is 1.46. The van der Waals surface area contributed by atoms with Gasteiger partial charge in [-0.2, -0.15) is 5.10 Å². The fraction of sp³-hybridized carbons (Fsp3) is 0.267. The Hall–Kier alpha value is -2.32. The first-order chi connectivity index (χ1) is 11.1. The highest BCUT2D eigenvalue weighted by atomic mass is 35.5. The van der Waals surface area contributed by atoms with Crippen molar-refractivity contribution in [2.24, 2.45) is 5.10 Å². The molecule has 0 spiro atoms. The molecule has 1 heterocycles. The van der Waals surface area contributed by atoms with Gasteiger partial charge in [0.25, 0.3) is 0 Å². The van der Waals surface area contributed by atoms with Crippen molar-refractivity contribution in [3.8, 4) is 11.5 Å². The first kappa shape index (κ1) is 19.7. The van der Waals surface area contributed by atoms with Crippen LogP contribution in [0.1, 0.15) is 20.9 Å². The molecule has 0 saturated heterocycles. The molecule has 0 amide bonds. The zero-order valence-corrected chi connectivity index (χ0v) is 14.8. The fourth-order valence-corrected chi connectivity index (χ4v) is 2.44. The second-order valence-electron chi connectivity index (χ2n) is 4.52. The topological polar surface area (TPSA) is 93.0 Å². The SMILES string of the molecule is COc1cc(CN/N=C/COC(=O)c2scnc2C)ccc1O.Cl. The molecule has 2 rings (SSSR count). The molecule has 0 unspecified atom stereocenters. The number of nitrogens with one attached hydrogen (secondary N) is 1. The number of nitrogens with zero attached hydrogens (tertiary/aromatic N) is 2. The summed E-state index contributed by atoms with van der Waals surface area (Å²) in [5.41, 5.74) is 5.99. The zero-order valence-electron chi connectivity index (χ0n) is 13.2. The minimum absolute atomic E-state index is 0. The molecule has 2 N–H and O–H groups in total. The number of aromatic nitrogens is 1. The third-order valence-corrected chi connectivity index (χ3v) is 3.84. The van der Waals surface area contributed by atoms with Crippen LogP contribution in [0, 0.1) is 6.92 Å². The van der Waals surface area contributed by atoms with Crippen LogP contribution in [0.25, 0.3) is 0 Å². The second kappa shape index (κ2) is 9.74. The van der Waals surface area contributed by atoms with Gasteiger partial charge in [-0.25, -0.2) is 9.78 Å². The van der Waals surface area contributed by atoms with Gasteiger partial charge in [0.2, 0.25) is 0 Å². The summed E-state index contributed by atoms with van der Waals surface area (Å²) in [5, 5.41) is 13.5. The number of methoxy groups -OCH3 is 1. The minimum Gasteiger partial charge on any atom is -0.504 e. The van der Waals surface area contributed by atoms with Crippen molar-refractivity contribution in [1.29, 1.82) is 0 Å². The largest absolute Gasteiger partial charge is 0.504 e. The summed E-state index contributed by atoms with van der Waals surface area (Å²) in [6, 6.07) is 5.02. The Morgan fingerprint density at radius 3 is 2.96 bits per heavy atom. The Labute approximate surface area is 149 Å². The highest BCUT2D eigenvalue weighted by Gasteiger charge is 2.12. The van der Waals surface area contributed by atoms with Crippen LogP contribution in [0.5, 0.6) is 11.5 Å². The lowest BCUT2D eigenvalue weighted by Crippen LogP contribution is -2.10. The molecule has 130 valence electrons. The molecule has 0 aliphatic rings. The lowest BCUT2D eigenvalue weighted by Gasteiger charge is -2.06. The number of hydrogen-bond donors (Lipinski definition) is 2. The van der Waals surface area contributed by atoms with E-state index in [4.69, 9.17) is 9.47 Å². The zero-order chi connectivity index (χ0) is 16.7. The molecule has 9 heteroatoms. The number of halogens is 1. The van der Waals surface area contributed by atoms with E-state index in [1.807, 2.05) is 0 Å². The van der Waals surface area contributed by atoms with Crippen molar-refractivity contribution >= 4 is 35.9 Å². The Bertz CT molecular complexity index is 706. The predicted octanol–water partition coefficient (Wildman–Crippen LogP) is 2.52. The van der Waals surface area contributed by atoms with E-state index >= 15 is 0 Å². The summed E-state index contributed by atoms with van der Waals surface area (Å²) < 4.78 is 10.1. The Morgan fingerprint density at radius 2 is 2.29 bits per heavy atom. The molecule has 1 aromatic heterocycles. The Balaban J connectivity index is 0.00000288. The van der Waals surface area contributed by atoms with E-state index in [1.54, 1.807) is 30.6 Å². The maximum absolute atomic E-state index is 11.7. The van der Waals surface area contributed by atoms with Crippen LogP contribution in [0.2, 0.25) is 0 Å². The fourth-order valence-electron chi connectivity index (χ4n) is 1.75. The number of thiazole rings is 1. The van der Waals surface area contributed by atoms with Crippen molar-refractivity contribution in [3.05, 3.63) is 39.8 Å². The highest BCUT2D eigenvalue weighted by molar-refractivity contribution is 7.11. The summed E-state index contributed by atoms with van der Waals surface area (Å²) in [7, 11) is 1.49. The van der Waals surface area contributed by atoms with E-state index in [2.05, 4.69) is 15.5 Å². The maximum atomic E-state index is 11.7. The number of rotatable bonds is 7. The predicted molar refractivity (Wildman–Crippen MR) is 94.4 cm³/mol. The number of phenolic OH excluding ortho intramolecular Hbond substituents is 1. The van der Waals surface area contributed by atoms with Gasteiger partial charge in [-0.05, 0) is 24.6 Å². The van der Waals surface area contributed by atoms with Crippen molar-refractivity contribution in [1.82, 2.24) is 10.4 Å². The lowest BCUT2D eigenvalue weighted by molar-refractivity contribution is 0.0571. The molecule has 0 aliphatic carbocycles. The number of ether oxygens (including phenoxy) is 2. The third-order valence-electron chi connectivity index (χ3n) is 2.93. The van der Waals surface area contributed by atoms with Gasteiger partial charge in [-0.1, -0.05) is 6.07 Å². The summed E-state index contributed by atoms with van der Waals surface area (Å²) >= 11 is 1.25. The van der Waals surface area contributed by atoms with Crippen LogP contribution in [0.3, 0.4) is 0 Å². The first-order valence-electron chi connectivity index (χ1n) is 6.79. The molecule has 0 fully saturated rings. The van der Waals surface area contributed by atoms with Gasteiger partial charge in [-0.15, -0.1) is 23.7 Å². The second-order valence-corrected chi connectivity index (χ2v) is 5.37. The van der Waals surface area contributed by atoms with Gasteiger partial charge in [0, 0.05) is 0 Å². The van der Waals surface area contributed by atoms with Crippen LogP contribution >= 0.6 is 23.7 Å². The number of hydrazone groups is 1. The maximum Gasteiger partial charge on any atom is 0.350 e. The molecule has 0 aliphatic heterocycles. The number of hydrogen-bond acceptors (Lipinski definition) is 8. The van der Waals surface area contributed by atoms with Crippen molar-refractivity contribution in [2.75, 3.05) is 13.7 Å². The van der Waals surface area contributed by atoms with Crippen molar-refractivity contribution in [3.63, 3.8) is 0 Å². The molecule has 2 aromatic rings. The molecule has 0 saturated carbocycles. The first-order valence-corrected chi connectivity index (χ1v) is 7.67. The van der Waals surface area contributed by atoms with Crippen LogP contribution in [0.4, 0.5) is 0 Å². The lowest BCUT2D eigenvalue weighted by atomic mass is 10.2. The molecule has 0 radical (unpaired) electrons. The molecule has 24 heavy (non-hydrogen) atoms. The van der Waals surface area contributed by atoms with E-state index in [1.165, 1.54) is 24.7 Å². The van der Waals surface area contributed by atoms with Gasteiger partial charge in [0.05, 0.1) is 31.1 Å². The van der Waals surface area contributed by atoms with Crippen LogP contribution in [0.15, 0.2) is 28.8 Å². The van der Waals surface area contributed by atoms with Crippen molar-refractivity contribution in [2.45, 2.75) is 13.5 Å². The summed E-state index contributed by atoms with van der Waals surface area (Å²) in [5.74, 6) is 0.0897. The third kappa shape index (κ3) is 5.39. The van der Waals surface area contributed by atoms with Gasteiger partial charge in [0.1, 0.15) is 11.5 Å². The number of aromatic hydroxyl groups is 1. The molecule has 0 bridgehead atoms. The average Bonchev–Trinajstić information content (AvgIpc) is 2.98. The van der Waals surface area contributed by atoms with Gasteiger partial charge in [0.15, 0.2) is 11.5 Å². The van der Waals surface area contributed by atoms with Crippen LogP contribution in [-0.2, 0) is 11.3 Å². The van der Waals surface area contributed by atoms with Crippen LogP contribution < -0.4 is 10.2 Å². The highest BCUT2D eigenvalue weighted by Crippen LogP contribution is 2.26. The van der Waals surface area contributed by atoms with E-state index in [0.717, 1.165) is 5.56 Å². The van der Waals surface area contributed by atoms with E-state index in [-0.39, 0.29) is 24.8 Å². The number of benzene rings is 1. The van der Waals surface area contributed by atoms with Crippen LogP contribution in [-0.4, -0.2) is 36.0 Å². The van der Waals surface area contributed by atoms with Gasteiger partial charge in [-0.3, -0.25) is 0 Å². The number of carbonyl (C=O) groups excluding carboxylic acids is 1. The number of aryl methyl sites for hydroxylation is 1. The molecule has 0 atom stereocenters. The monoisotopic (exact) mass is 371 g/mol. The van der Waals surface area contributed by atoms with Gasteiger partial charge < -0.3 is 20.0 Å². The number of carbonyl (C=O) groups is 1. The average molecular weight is 372 g/mol. The van der Waals surface area contributed by atoms with Gasteiger partial charge >= 0.3 is 5.97 Å². The van der Waals surface area contributed by atoms with Crippen molar-refractivity contribution < 1.29 is 19.4 Å². The standard InChI is InChI=1S/C15H17N3O4S.ClH/c1-10-14(23-9-16-10)15(20)22-6-5-17-18-8-11-3-4-12(19)13(7-11)21-2;/h3-5,7,9,18-19H,6,8H2,1-2H3;1H/b17-5+;. The smallest absolute Gasteiger partial charge is 0.350 e. The number of phenols is 1. The Kier molecular flexibility index (Phi) is 8.00. The van der Waals surface area contributed by atoms with E-state index in [0.29, 0.717) is 22.9 Å². The quantitative estimate of drug-likeness (QED) is 0.441. The van der Waals surface area contributed by atoms with E-state index < -0.39 is 5.97 Å². The van der Waals surface area contributed by atoms with E-state index in [9.17, 15) is 9.90 Å². The molecule has 7 nitrogen and oxygen atoms in total. The minimum atomic E-state index is -0.403.